The Bertz CT molecular complexity index is 3620. The highest BCUT2D eigenvalue weighted by Gasteiger charge is 2.42. The summed E-state index contributed by atoms with van der Waals surface area (Å²) in [6.07, 6.45) is 11.4. The predicted molar refractivity (Wildman–Crippen MR) is 312 cm³/mol. The van der Waals surface area contributed by atoms with E-state index in [1.165, 1.54) is 26.8 Å². The summed E-state index contributed by atoms with van der Waals surface area (Å²) in [6, 6.07) is 19.2. The third kappa shape index (κ3) is 9.67. The van der Waals surface area contributed by atoms with Crippen molar-refractivity contribution in [3.05, 3.63) is 142 Å². The van der Waals surface area contributed by atoms with Crippen molar-refractivity contribution in [2.45, 2.75) is 110 Å². The van der Waals surface area contributed by atoms with Crippen LogP contribution in [0, 0.1) is 5.41 Å². The van der Waals surface area contributed by atoms with Gasteiger partial charge in [-0.2, -0.15) is 0 Å². The maximum atomic E-state index is 14.1. The zero-order chi connectivity index (χ0) is 56.6. The number of carbonyl (C=O) groups excluding carboxylic acids is 4. The molecular weight excluding hydrogens is 1020 g/mol. The Balaban J connectivity index is 0.720. The van der Waals surface area contributed by atoms with E-state index in [0.29, 0.717) is 95.4 Å². The number of rotatable bonds is 12. The van der Waals surface area contributed by atoms with Crippen LogP contribution < -0.4 is 35.8 Å². The number of anilines is 7. The zero-order valence-electron chi connectivity index (χ0n) is 47.0. The second kappa shape index (κ2) is 20.8. The van der Waals surface area contributed by atoms with Gasteiger partial charge in [0.2, 0.25) is 5.91 Å². The van der Waals surface area contributed by atoms with Crippen LogP contribution in [0.2, 0.25) is 0 Å². The highest BCUT2D eigenvalue weighted by molar-refractivity contribution is 6.34. The number of carbonyl (C=O) groups is 4. The number of pyridine rings is 2. The number of benzene rings is 2. The predicted octanol–water partition coefficient (Wildman–Crippen LogP) is 7.62. The number of ether oxygens (including phenoxy) is 1. The van der Waals surface area contributed by atoms with Crippen molar-refractivity contribution < 1.29 is 29.0 Å². The lowest BCUT2D eigenvalue weighted by molar-refractivity contribution is -0.111. The van der Waals surface area contributed by atoms with Crippen molar-refractivity contribution in [2.24, 2.45) is 12.5 Å². The fourth-order valence-electron chi connectivity index (χ4n) is 13.5. The average molecular weight is 1100 g/mol. The second-order valence-corrected chi connectivity index (χ2v) is 23.9. The van der Waals surface area contributed by atoms with Gasteiger partial charge in [-0.1, -0.05) is 27.4 Å². The lowest BCUT2D eigenvalue weighted by atomic mass is 9.79. The van der Waals surface area contributed by atoms with Gasteiger partial charge < -0.3 is 39.4 Å². The number of nitrogens with zero attached hydrogens (tertiary/aromatic N) is 10. The maximum absolute atomic E-state index is 14.1. The van der Waals surface area contributed by atoms with E-state index in [4.69, 9.17) is 9.72 Å². The molecule has 0 radical (unpaired) electrons. The number of aliphatic hydroxyl groups is 1. The molecule has 4 aromatic heterocycles. The van der Waals surface area contributed by atoms with Gasteiger partial charge in [-0.25, -0.2) is 14.9 Å². The number of aromatic nitrogens is 5. The molecule has 19 nitrogen and oxygen atoms in total. The third-order valence-electron chi connectivity index (χ3n) is 17.9. The number of nitrogens with one attached hydrogen (secondary N) is 2. The average Bonchev–Trinajstić information content (AvgIpc) is 4.10. The van der Waals surface area contributed by atoms with Crippen LogP contribution in [0.25, 0.3) is 11.3 Å². The first-order valence-electron chi connectivity index (χ1n) is 28.3. The number of amides is 4. The van der Waals surface area contributed by atoms with E-state index in [0.717, 1.165) is 75.2 Å². The minimum atomic E-state index is -0.420. The minimum absolute atomic E-state index is 0.0271. The van der Waals surface area contributed by atoms with Gasteiger partial charge in [-0.15, -0.1) is 0 Å². The van der Waals surface area contributed by atoms with E-state index >= 15 is 0 Å². The first-order valence-corrected chi connectivity index (χ1v) is 28.3. The molecule has 2 aromatic carbocycles. The Hall–Kier alpha value is -8.00. The highest BCUT2D eigenvalue weighted by Crippen LogP contribution is 2.42. The largest absolute Gasteiger partial charge is 0.392 e. The first kappa shape index (κ1) is 53.6. The number of piperazine rings is 1. The van der Waals surface area contributed by atoms with Crippen LogP contribution in [0.15, 0.2) is 96.7 Å². The molecule has 6 aliphatic rings. The molecule has 1 unspecified atom stereocenters. The number of aryl methyl sites for hydroxylation is 1. The van der Waals surface area contributed by atoms with Gasteiger partial charge in [0.15, 0.2) is 5.82 Å². The van der Waals surface area contributed by atoms with Crippen LogP contribution in [0.5, 0.6) is 0 Å². The number of hydrogen-bond acceptors (Lipinski definition) is 14. The molecule has 0 saturated carbocycles. The van der Waals surface area contributed by atoms with E-state index in [1.807, 2.05) is 36.4 Å². The van der Waals surface area contributed by atoms with Crippen LogP contribution in [0.4, 0.5) is 40.1 Å². The SMILES string of the molecule is C=CC(=O)Nc1cc(Nc2nc(-c3ccnc(N4CCn5c(cc6c5CC(C)(C)C6)C4=O)c3CO)cn(C)c2=O)ccc1N1CCN(C2CCN(c3ccc4c(c3)C(=O)N(c3ccnc(C5(C)CCOCC5)c3)C4=O)[C@@H](C)C2)C[C@@H]1C. The molecule has 3 fully saturated rings. The molecule has 0 spiro atoms. The molecule has 4 amide bonds. The van der Waals surface area contributed by atoms with Gasteiger partial charge in [0.25, 0.3) is 23.3 Å². The fourth-order valence-corrected chi connectivity index (χ4v) is 13.5. The van der Waals surface area contributed by atoms with E-state index in [2.05, 4.69) is 81.1 Å². The number of fused-ring (bicyclic) bond motifs is 4. The smallest absolute Gasteiger partial charge is 0.293 e. The monoisotopic (exact) mass is 1090 g/mol. The number of imide groups is 1. The summed E-state index contributed by atoms with van der Waals surface area (Å²) in [5, 5.41) is 17.1. The summed E-state index contributed by atoms with van der Waals surface area (Å²) in [6.45, 7) is 19.7. The summed E-state index contributed by atoms with van der Waals surface area (Å²) >= 11 is 0. The molecule has 3 saturated heterocycles. The van der Waals surface area contributed by atoms with Crippen molar-refractivity contribution in [3.63, 3.8) is 0 Å². The quantitative estimate of drug-likeness (QED) is 0.0798. The van der Waals surface area contributed by atoms with Crippen LogP contribution in [0.3, 0.4) is 0 Å². The van der Waals surface area contributed by atoms with E-state index in [-0.39, 0.29) is 52.4 Å². The molecule has 5 aliphatic heterocycles. The lowest BCUT2D eigenvalue weighted by Gasteiger charge is -2.48. The summed E-state index contributed by atoms with van der Waals surface area (Å²) in [4.78, 5) is 93.0. The highest BCUT2D eigenvalue weighted by atomic mass is 16.5. The van der Waals surface area contributed by atoms with Gasteiger partial charge in [0.1, 0.15) is 11.5 Å². The molecule has 81 heavy (non-hydrogen) atoms. The lowest BCUT2D eigenvalue weighted by Crippen LogP contribution is -2.58. The van der Waals surface area contributed by atoms with Crippen molar-refractivity contribution in [2.75, 3.05) is 76.2 Å². The van der Waals surface area contributed by atoms with Gasteiger partial charge in [0, 0.05) is 136 Å². The molecule has 1 aliphatic carbocycles. The summed E-state index contributed by atoms with van der Waals surface area (Å²) in [7, 11) is 1.63. The molecular formula is C62H70N12O7. The normalized spacial score (nSPS) is 21.5. The van der Waals surface area contributed by atoms with Crippen LogP contribution >= 0.6 is 0 Å². The molecule has 420 valence electrons. The van der Waals surface area contributed by atoms with E-state index in [1.54, 1.807) is 54.8 Å². The van der Waals surface area contributed by atoms with Crippen molar-refractivity contribution >= 4 is 63.7 Å². The first-order chi connectivity index (χ1) is 38.9. The summed E-state index contributed by atoms with van der Waals surface area (Å²) in [5.41, 5.74) is 8.99. The molecule has 12 rings (SSSR count). The second-order valence-electron chi connectivity index (χ2n) is 23.9. The molecule has 19 heteroatoms. The van der Waals surface area contributed by atoms with Crippen molar-refractivity contribution in [1.29, 1.82) is 0 Å². The molecule has 9 heterocycles. The number of aliphatic hydroxyl groups excluding tert-OH is 1. The Morgan fingerprint density at radius 2 is 1.62 bits per heavy atom. The van der Waals surface area contributed by atoms with Crippen molar-refractivity contribution in [1.82, 2.24) is 29.0 Å². The van der Waals surface area contributed by atoms with Gasteiger partial charge in [0.05, 0.1) is 40.5 Å². The Morgan fingerprint density at radius 3 is 2.38 bits per heavy atom. The van der Waals surface area contributed by atoms with Crippen LogP contribution in [-0.4, -0.2) is 122 Å². The van der Waals surface area contributed by atoms with Crippen molar-refractivity contribution in [3.8, 4) is 11.3 Å². The maximum Gasteiger partial charge on any atom is 0.293 e. The molecule has 3 N–H and O–H groups in total. The standard InChI is InChI=1S/C62H70N12O7/c1-8-54(76)66-48-29-40(65-55-60(80)68(7)35-49(67-55)44-14-19-64-56(47(44)36-75)73-24-23-72-51(59(73)79)28-39-32-61(4,5)33-52(39)72)9-12-50(48)71-22-21-69(34-38(71)3)41-15-20-70(37(2)27-41)42-10-11-45-46(30-42)58(78)74(57(45)77)43-13-18-63-53(31-43)62(6)16-25-81-26-17-62/h8-14,18-19,28-31,35,37-38,41,75H,1,15-17,20-27,32-34,36H2,2-7H3,(H,65,67)(H,66,76)/t37-,38-,41?/m0/s1. The Morgan fingerprint density at radius 1 is 0.827 bits per heavy atom. The van der Waals surface area contributed by atoms with E-state index < -0.39 is 12.2 Å². The Labute approximate surface area is 471 Å². The fraction of sp³-hybridized carbons (Fsp3) is 0.419. The zero-order valence-corrected chi connectivity index (χ0v) is 47.0. The summed E-state index contributed by atoms with van der Waals surface area (Å²) < 4.78 is 9.17. The third-order valence-corrected chi connectivity index (χ3v) is 17.9. The number of hydrogen-bond donors (Lipinski definition) is 3. The van der Waals surface area contributed by atoms with Gasteiger partial charge in [-0.3, -0.25) is 38.8 Å². The minimum Gasteiger partial charge on any atom is -0.392 e. The van der Waals surface area contributed by atoms with E-state index in [9.17, 15) is 29.1 Å². The Kier molecular flexibility index (Phi) is 13.8. The summed E-state index contributed by atoms with van der Waals surface area (Å²) in [5.74, 6) is -0.823. The molecule has 6 aromatic rings. The van der Waals surface area contributed by atoms with Gasteiger partial charge >= 0.3 is 0 Å². The topological polar surface area (TPSA) is 204 Å². The number of piperidine rings is 1. The molecule has 3 atom stereocenters. The van der Waals surface area contributed by atoms with Crippen LogP contribution in [-0.2, 0) is 48.0 Å². The van der Waals surface area contributed by atoms with Crippen LogP contribution in [0.1, 0.15) is 114 Å². The van der Waals surface area contributed by atoms with Gasteiger partial charge in [-0.05, 0) is 130 Å². The molecule has 0 bridgehead atoms.